The van der Waals surface area contributed by atoms with Crippen LogP contribution in [-0.2, 0) is 22.5 Å². The van der Waals surface area contributed by atoms with Crippen molar-refractivity contribution < 1.29 is 23.8 Å². The van der Waals surface area contributed by atoms with E-state index in [2.05, 4.69) is 0 Å². The molecule has 0 aliphatic carbocycles. The molecule has 0 aliphatic heterocycles. The number of carbonyl (C=O) groups is 2. The van der Waals surface area contributed by atoms with Crippen molar-refractivity contribution >= 4 is 23.2 Å². The second kappa shape index (κ2) is 15.1. The van der Waals surface area contributed by atoms with Gasteiger partial charge in [0.15, 0.2) is 11.5 Å². The zero-order valence-corrected chi connectivity index (χ0v) is 23.6. The fourth-order valence-corrected chi connectivity index (χ4v) is 4.80. The van der Waals surface area contributed by atoms with E-state index in [0.29, 0.717) is 62.8 Å². The maximum atomic E-state index is 13.7. The normalized spacial score (nSPS) is 10.7. The lowest BCUT2D eigenvalue weighted by Gasteiger charge is -2.28. The summed E-state index contributed by atoms with van der Waals surface area (Å²) in [6, 6.07) is 17.3. The highest BCUT2D eigenvalue weighted by Gasteiger charge is 2.23. The number of rotatable bonds is 15. The third-order valence-corrected chi connectivity index (χ3v) is 7.09. The summed E-state index contributed by atoms with van der Waals surface area (Å²) in [7, 11) is 3.22. The molecule has 38 heavy (non-hydrogen) atoms. The minimum Gasteiger partial charge on any atom is -0.493 e. The highest BCUT2D eigenvalue weighted by Crippen LogP contribution is 2.28. The van der Waals surface area contributed by atoms with E-state index in [1.807, 2.05) is 78.7 Å². The predicted molar refractivity (Wildman–Crippen MR) is 151 cm³/mol. The number of nitrogens with zero attached hydrogens (tertiary/aromatic N) is 2. The van der Waals surface area contributed by atoms with E-state index in [9.17, 15) is 9.59 Å². The highest BCUT2D eigenvalue weighted by molar-refractivity contribution is 7.09. The number of thiophene rings is 1. The van der Waals surface area contributed by atoms with Gasteiger partial charge in [0, 0.05) is 36.7 Å². The van der Waals surface area contributed by atoms with Crippen LogP contribution in [0.2, 0.25) is 0 Å². The van der Waals surface area contributed by atoms with Crippen LogP contribution in [0.3, 0.4) is 0 Å². The molecule has 204 valence electrons. The van der Waals surface area contributed by atoms with Crippen LogP contribution in [0.1, 0.15) is 39.7 Å². The van der Waals surface area contributed by atoms with Crippen LogP contribution in [-0.4, -0.2) is 68.7 Å². The molecule has 3 aromatic rings. The molecule has 0 unspecified atom stereocenters. The molecule has 0 aliphatic rings. The van der Waals surface area contributed by atoms with Crippen LogP contribution in [0.25, 0.3) is 0 Å². The van der Waals surface area contributed by atoms with Gasteiger partial charge in [-0.1, -0.05) is 29.8 Å². The Balaban J connectivity index is 1.76. The third-order valence-electron chi connectivity index (χ3n) is 6.23. The van der Waals surface area contributed by atoms with E-state index in [-0.39, 0.29) is 18.4 Å². The molecule has 8 heteroatoms. The molecule has 0 saturated carbocycles. The van der Waals surface area contributed by atoms with E-state index in [1.165, 1.54) is 0 Å². The van der Waals surface area contributed by atoms with E-state index in [4.69, 9.17) is 14.2 Å². The van der Waals surface area contributed by atoms with Gasteiger partial charge in [0.2, 0.25) is 5.91 Å². The quantitative estimate of drug-likeness (QED) is 0.248. The Hall–Kier alpha value is -3.36. The molecule has 0 atom stereocenters. The molecule has 0 spiro atoms. The Morgan fingerprint density at radius 1 is 0.921 bits per heavy atom. The van der Waals surface area contributed by atoms with Crippen LogP contribution < -0.4 is 9.47 Å². The van der Waals surface area contributed by atoms with Crippen molar-refractivity contribution in [3.05, 3.63) is 81.5 Å². The van der Waals surface area contributed by atoms with Crippen molar-refractivity contribution in [3.8, 4) is 11.5 Å². The summed E-state index contributed by atoms with van der Waals surface area (Å²) in [5.41, 5.74) is 2.70. The van der Waals surface area contributed by atoms with Crippen LogP contribution in [0.5, 0.6) is 11.5 Å². The molecule has 2 amide bonds. The Kier molecular flexibility index (Phi) is 11.6. The van der Waals surface area contributed by atoms with Gasteiger partial charge >= 0.3 is 0 Å². The van der Waals surface area contributed by atoms with Crippen LogP contribution in [0.15, 0.2) is 60.0 Å². The average Bonchev–Trinajstić information content (AvgIpc) is 3.45. The largest absolute Gasteiger partial charge is 0.493 e. The van der Waals surface area contributed by atoms with Crippen LogP contribution in [0.4, 0.5) is 0 Å². The molecule has 0 bridgehead atoms. The molecule has 3 rings (SSSR count). The Bertz CT molecular complexity index is 1150. The van der Waals surface area contributed by atoms with Crippen molar-refractivity contribution in [1.82, 2.24) is 9.80 Å². The van der Waals surface area contributed by atoms with Gasteiger partial charge in [-0.15, -0.1) is 11.3 Å². The van der Waals surface area contributed by atoms with Gasteiger partial charge in [-0.2, -0.15) is 0 Å². The monoisotopic (exact) mass is 538 g/mol. The van der Waals surface area contributed by atoms with Gasteiger partial charge in [0.1, 0.15) is 6.54 Å². The summed E-state index contributed by atoms with van der Waals surface area (Å²) in [6.45, 7) is 6.55. The standard InChI is InChI=1S/C30H38N2O5S/c1-5-37-18-7-16-32(30(34)25-12-9-23(2)10-13-25)22-29(33)31(21-26-8-6-19-38-26)17-15-24-11-14-27(35-3)28(20-24)36-4/h6,8-14,19-20H,5,7,15-18,21-22H2,1-4H3. The maximum Gasteiger partial charge on any atom is 0.254 e. The first kappa shape index (κ1) is 29.2. The lowest BCUT2D eigenvalue weighted by atomic mass is 10.1. The third kappa shape index (κ3) is 8.60. The Labute approximate surface area is 229 Å². The van der Waals surface area contributed by atoms with E-state index >= 15 is 0 Å². The summed E-state index contributed by atoms with van der Waals surface area (Å²) in [5.74, 6) is 1.09. The maximum absolute atomic E-state index is 13.7. The van der Waals surface area contributed by atoms with Gasteiger partial charge in [0.25, 0.3) is 5.91 Å². The Morgan fingerprint density at radius 3 is 2.34 bits per heavy atom. The van der Waals surface area contributed by atoms with Crippen molar-refractivity contribution in [2.24, 2.45) is 0 Å². The number of hydrogen-bond acceptors (Lipinski definition) is 6. The van der Waals surface area contributed by atoms with Gasteiger partial charge in [0.05, 0.1) is 20.8 Å². The number of benzene rings is 2. The van der Waals surface area contributed by atoms with Crippen molar-refractivity contribution in [1.29, 1.82) is 0 Å². The number of ether oxygens (including phenoxy) is 3. The molecule has 0 N–H and O–H groups in total. The summed E-state index contributed by atoms with van der Waals surface area (Å²) in [5, 5.41) is 2.01. The fourth-order valence-electron chi connectivity index (χ4n) is 4.08. The summed E-state index contributed by atoms with van der Waals surface area (Å²) in [4.78, 5) is 31.6. The second-order valence-electron chi connectivity index (χ2n) is 8.98. The highest BCUT2D eigenvalue weighted by atomic mass is 32.1. The molecular formula is C30H38N2O5S. The topological polar surface area (TPSA) is 68.3 Å². The predicted octanol–water partition coefficient (Wildman–Crippen LogP) is 5.21. The van der Waals surface area contributed by atoms with Gasteiger partial charge in [-0.05, 0) is 68.0 Å². The number of carbonyl (C=O) groups excluding carboxylic acids is 2. The molecule has 7 nitrogen and oxygen atoms in total. The molecule has 2 aromatic carbocycles. The molecule has 1 heterocycles. The molecule has 0 fully saturated rings. The smallest absolute Gasteiger partial charge is 0.254 e. The first-order chi connectivity index (χ1) is 18.4. The van der Waals surface area contributed by atoms with E-state index < -0.39 is 0 Å². The molecule has 0 saturated heterocycles. The van der Waals surface area contributed by atoms with Crippen LogP contribution >= 0.6 is 11.3 Å². The average molecular weight is 539 g/mol. The minimum absolute atomic E-state index is 0.0101. The van der Waals surface area contributed by atoms with Crippen molar-refractivity contribution in [2.75, 3.05) is 47.1 Å². The fraction of sp³-hybridized carbons (Fsp3) is 0.400. The number of amides is 2. The molecular weight excluding hydrogens is 500 g/mol. The lowest BCUT2D eigenvalue weighted by Crippen LogP contribution is -2.44. The minimum atomic E-state index is -0.147. The zero-order chi connectivity index (χ0) is 27.3. The summed E-state index contributed by atoms with van der Waals surface area (Å²) in [6.07, 6.45) is 1.31. The van der Waals surface area contributed by atoms with Crippen molar-refractivity contribution in [2.45, 2.75) is 33.2 Å². The summed E-state index contributed by atoms with van der Waals surface area (Å²) >= 11 is 1.62. The Morgan fingerprint density at radius 2 is 1.68 bits per heavy atom. The number of methoxy groups -OCH3 is 2. The number of hydrogen-bond donors (Lipinski definition) is 0. The molecule has 1 aromatic heterocycles. The zero-order valence-electron chi connectivity index (χ0n) is 22.8. The van der Waals surface area contributed by atoms with Crippen molar-refractivity contribution in [3.63, 3.8) is 0 Å². The SMILES string of the molecule is CCOCCCN(CC(=O)N(CCc1ccc(OC)c(OC)c1)Cc1cccs1)C(=O)c1ccc(C)cc1. The van der Waals surface area contributed by atoms with Crippen LogP contribution in [0, 0.1) is 6.92 Å². The van der Waals surface area contributed by atoms with Gasteiger partial charge in [-0.25, -0.2) is 0 Å². The number of aryl methyl sites for hydroxylation is 1. The first-order valence-electron chi connectivity index (χ1n) is 12.9. The first-order valence-corrected chi connectivity index (χ1v) is 13.8. The lowest BCUT2D eigenvalue weighted by molar-refractivity contribution is -0.132. The van der Waals surface area contributed by atoms with E-state index in [0.717, 1.165) is 16.0 Å². The molecule has 0 radical (unpaired) electrons. The van der Waals surface area contributed by atoms with Gasteiger partial charge < -0.3 is 24.0 Å². The summed E-state index contributed by atoms with van der Waals surface area (Å²) < 4.78 is 16.3. The second-order valence-corrected chi connectivity index (χ2v) is 10.0. The van der Waals surface area contributed by atoms with E-state index in [1.54, 1.807) is 30.5 Å². The van der Waals surface area contributed by atoms with Gasteiger partial charge in [-0.3, -0.25) is 9.59 Å².